The number of carboxylic acids is 1. The van der Waals surface area contributed by atoms with Crippen LogP contribution in [0.15, 0.2) is 0 Å². The van der Waals surface area contributed by atoms with Gasteiger partial charge in [-0.05, 0) is 6.42 Å². The van der Waals surface area contributed by atoms with E-state index in [2.05, 4.69) is 22.9 Å². The molecule has 0 radical (unpaired) electrons. The fraction of sp³-hybridized carbons (Fsp3) is 0.905. The van der Waals surface area contributed by atoms with Crippen LogP contribution in [0.4, 0.5) is 0 Å². The van der Waals surface area contributed by atoms with E-state index in [1.54, 1.807) is 0 Å². The molecule has 0 aliphatic carbocycles. The lowest BCUT2D eigenvalue weighted by molar-refractivity contribution is -0.873. The molecule has 0 rings (SSSR count). The number of carboxylic acid groups (broad SMARTS) is 1. The van der Waals surface area contributed by atoms with E-state index in [-0.39, 0.29) is 17.2 Å². The number of quaternary nitrogens is 1. The normalized spacial score (nSPS) is 14.0. The summed E-state index contributed by atoms with van der Waals surface area (Å²) in [5.74, 6) is -1.28. The Kier molecular flexibility index (Phi) is 15.0. The van der Waals surface area contributed by atoms with E-state index in [0.717, 1.165) is 19.3 Å². The number of carbonyl (C=O) groups is 2. The number of ether oxygens (including phenoxy) is 1. The van der Waals surface area contributed by atoms with Gasteiger partial charge in [-0.2, -0.15) is 0 Å². The van der Waals surface area contributed by atoms with Crippen LogP contribution in [0.25, 0.3) is 0 Å². The minimum atomic E-state index is -0.943. The zero-order chi connectivity index (χ0) is 20.7. The van der Waals surface area contributed by atoms with Crippen LogP contribution in [-0.2, 0) is 14.3 Å². The predicted octanol–water partition coefficient (Wildman–Crippen LogP) is 5.15. The van der Waals surface area contributed by atoms with Gasteiger partial charge in [0.1, 0.15) is 11.4 Å². The van der Waals surface area contributed by atoms with Gasteiger partial charge in [0.25, 0.3) is 0 Å². The summed E-state index contributed by atoms with van der Waals surface area (Å²) in [5.41, 5.74) is 0. The Morgan fingerprint density at radius 3 is 1.85 bits per heavy atom. The molecule has 6 heteroatoms. The lowest BCUT2D eigenvalue weighted by Gasteiger charge is -2.28. The quantitative estimate of drug-likeness (QED) is 0.144. The summed E-state index contributed by atoms with van der Waals surface area (Å²) in [5, 5.41) is 9.03. The number of unbranched alkanes of at least 4 members (excludes halogenated alkanes) is 9. The average molecular weight is 451 g/mol. The molecule has 0 aliphatic heterocycles. The Balaban J connectivity index is 3.93. The van der Waals surface area contributed by atoms with Crippen LogP contribution in [0.1, 0.15) is 84.0 Å². The molecule has 0 bridgehead atoms. The first kappa shape index (κ1) is 26.4. The van der Waals surface area contributed by atoms with Crippen molar-refractivity contribution in [1.29, 1.82) is 0 Å². The van der Waals surface area contributed by atoms with E-state index in [1.807, 2.05) is 21.1 Å². The Morgan fingerprint density at radius 2 is 1.41 bits per heavy atom. The molecule has 0 aliphatic rings. The van der Waals surface area contributed by atoms with Crippen LogP contribution >= 0.6 is 15.9 Å². The van der Waals surface area contributed by atoms with Crippen LogP contribution in [-0.4, -0.2) is 60.1 Å². The average Bonchev–Trinajstić information content (AvgIpc) is 2.54. The second-order valence-electron chi connectivity index (χ2n) is 8.57. The first-order valence-corrected chi connectivity index (χ1v) is 11.4. The highest BCUT2D eigenvalue weighted by Crippen LogP contribution is 2.17. The minimum Gasteiger partial charge on any atom is -0.481 e. The molecule has 0 saturated heterocycles. The highest BCUT2D eigenvalue weighted by atomic mass is 79.9. The number of nitrogens with zero attached hydrogens (tertiary/aromatic N) is 1. The zero-order valence-corrected chi connectivity index (χ0v) is 19.4. The van der Waals surface area contributed by atoms with Crippen LogP contribution < -0.4 is 0 Å². The maximum atomic E-state index is 12.2. The molecule has 2 atom stereocenters. The molecule has 0 spiro atoms. The molecule has 0 heterocycles. The maximum Gasteiger partial charge on any atom is 0.320 e. The number of halogens is 1. The van der Waals surface area contributed by atoms with Gasteiger partial charge in [-0.3, -0.25) is 9.59 Å². The van der Waals surface area contributed by atoms with Crippen molar-refractivity contribution in [2.75, 3.05) is 27.7 Å². The smallest absolute Gasteiger partial charge is 0.320 e. The number of rotatable bonds is 17. The van der Waals surface area contributed by atoms with Gasteiger partial charge in [0, 0.05) is 0 Å². The van der Waals surface area contributed by atoms with E-state index in [9.17, 15) is 9.59 Å². The summed E-state index contributed by atoms with van der Waals surface area (Å²) < 4.78 is 6.01. The van der Waals surface area contributed by atoms with E-state index in [1.165, 1.54) is 51.4 Å². The van der Waals surface area contributed by atoms with E-state index < -0.39 is 12.1 Å². The van der Waals surface area contributed by atoms with E-state index in [4.69, 9.17) is 9.84 Å². The van der Waals surface area contributed by atoms with Gasteiger partial charge in [0.2, 0.25) is 0 Å². The number of hydrogen-bond donors (Lipinski definition) is 1. The SMILES string of the molecule is CCCCCCCCCCCCC(Br)C(=O)OC(CC(=O)O)C[N+](C)(C)C. The van der Waals surface area contributed by atoms with Crippen molar-refractivity contribution in [1.82, 2.24) is 0 Å². The summed E-state index contributed by atoms with van der Waals surface area (Å²) in [6.07, 6.45) is 12.6. The lowest BCUT2D eigenvalue weighted by atomic mass is 10.1. The van der Waals surface area contributed by atoms with Crippen LogP contribution in [0.2, 0.25) is 0 Å². The van der Waals surface area contributed by atoms with Crippen molar-refractivity contribution in [2.24, 2.45) is 0 Å². The number of carbonyl (C=O) groups excluding carboxylic acids is 1. The maximum absolute atomic E-state index is 12.2. The Bertz CT molecular complexity index is 409. The summed E-state index contributed by atoms with van der Waals surface area (Å²) in [7, 11) is 5.87. The van der Waals surface area contributed by atoms with Crippen LogP contribution in [0, 0.1) is 0 Å². The largest absolute Gasteiger partial charge is 0.481 e. The first-order chi connectivity index (χ1) is 12.7. The van der Waals surface area contributed by atoms with Crippen LogP contribution in [0.3, 0.4) is 0 Å². The van der Waals surface area contributed by atoms with Gasteiger partial charge < -0.3 is 14.3 Å². The summed E-state index contributed by atoms with van der Waals surface area (Å²) in [6.45, 7) is 2.72. The molecule has 1 N–H and O–H groups in total. The van der Waals surface area contributed by atoms with E-state index in [0.29, 0.717) is 11.0 Å². The van der Waals surface area contributed by atoms with E-state index >= 15 is 0 Å². The van der Waals surface area contributed by atoms with Crippen molar-refractivity contribution >= 4 is 27.9 Å². The Hall–Kier alpha value is -0.620. The molecule has 0 amide bonds. The van der Waals surface area contributed by atoms with Gasteiger partial charge in [-0.15, -0.1) is 0 Å². The molecule has 0 aromatic carbocycles. The van der Waals surface area contributed by atoms with Crippen molar-refractivity contribution in [3.63, 3.8) is 0 Å². The minimum absolute atomic E-state index is 0.154. The Labute approximate surface area is 174 Å². The molecule has 27 heavy (non-hydrogen) atoms. The number of likely N-dealkylation sites (N-methyl/N-ethyl adjacent to an activating group) is 1. The summed E-state index contributed by atoms with van der Waals surface area (Å²) in [4.78, 5) is 22.9. The zero-order valence-electron chi connectivity index (χ0n) is 17.8. The fourth-order valence-corrected chi connectivity index (χ4v) is 3.55. The van der Waals surface area contributed by atoms with Crippen LogP contribution in [0.5, 0.6) is 0 Å². The third-order valence-corrected chi connectivity index (χ3v) is 5.34. The predicted molar refractivity (Wildman–Crippen MR) is 114 cm³/mol. The van der Waals surface area contributed by atoms with Crippen molar-refractivity contribution in [3.8, 4) is 0 Å². The molecule has 2 unspecified atom stereocenters. The summed E-state index contributed by atoms with van der Waals surface area (Å²) in [6, 6.07) is 0. The van der Waals surface area contributed by atoms with Crippen molar-refractivity contribution in [3.05, 3.63) is 0 Å². The number of hydrogen-bond acceptors (Lipinski definition) is 3. The monoisotopic (exact) mass is 450 g/mol. The Morgan fingerprint density at radius 1 is 0.926 bits per heavy atom. The lowest BCUT2D eigenvalue weighted by Crippen LogP contribution is -2.44. The molecule has 0 fully saturated rings. The molecule has 5 nitrogen and oxygen atoms in total. The second kappa shape index (κ2) is 15.3. The standard InChI is InChI=1S/C21H40BrNO4/c1-5-6-7-8-9-10-11-12-13-14-15-19(22)21(26)27-18(16-20(24)25)17-23(2,3)4/h18-19H,5-17H2,1-4H3/p+1. The third kappa shape index (κ3) is 17.2. The number of aliphatic carboxylic acids is 1. The molecule has 0 aromatic rings. The fourth-order valence-electron chi connectivity index (χ4n) is 3.12. The molecular formula is C21H41BrNO4+. The van der Waals surface area contributed by atoms with Crippen molar-refractivity contribution in [2.45, 2.75) is 94.9 Å². The highest BCUT2D eigenvalue weighted by molar-refractivity contribution is 9.10. The molecular weight excluding hydrogens is 410 g/mol. The second-order valence-corrected chi connectivity index (χ2v) is 9.67. The highest BCUT2D eigenvalue weighted by Gasteiger charge is 2.27. The molecule has 0 saturated carbocycles. The third-order valence-electron chi connectivity index (χ3n) is 4.50. The number of esters is 1. The first-order valence-electron chi connectivity index (χ1n) is 10.5. The van der Waals surface area contributed by atoms with Gasteiger partial charge >= 0.3 is 11.9 Å². The van der Waals surface area contributed by atoms with Gasteiger partial charge in [0.15, 0.2) is 6.10 Å². The van der Waals surface area contributed by atoms with Crippen molar-refractivity contribution < 1.29 is 23.9 Å². The topological polar surface area (TPSA) is 63.6 Å². The summed E-state index contributed by atoms with van der Waals surface area (Å²) >= 11 is 3.41. The van der Waals surface area contributed by atoms with Gasteiger partial charge in [0.05, 0.1) is 27.6 Å². The van der Waals surface area contributed by atoms with Gasteiger partial charge in [-0.25, -0.2) is 0 Å². The molecule has 160 valence electrons. The molecule has 0 aromatic heterocycles. The van der Waals surface area contributed by atoms with Gasteiger partial charge in [-0.1, -0.05) is 87.1 Å². The number of alkyl halides is 1.